The number of carbonyl (C=O) groups excluding carboxylic acids is 1. The number of piperazine rings is 1. The van der Waals surface area contributed by atoms with Crippen molar-refractivity contribution in [1.82, 2.24) is 14.5 Å². The van der Waals surface area contributed by atoms with Crippen LogP contribution in [0.25, 0.3) is 0 Å². The van der Waals surface area contributed by atoms with E-state index in [1.165, 1.54) is 22.5 Å². The number of hydrogen-bond donors (Lipinski definition) is 1. The van der Waals surface area contributed by atoms with E-state index in [0.717, 1.165) is 12.8 Å². The number of benzene rings is 1. The molecule has 1 fully saturated rings. The summed E-state index contributed by atoms with van der Waals surface area (Å²) >= 11 is 11.8. The quantitative estimate of drug-likeness (QED) is 0.734. The van der Waals surface area contributed by atoms with Crippen LogP contribution in [0.5, 0.6) is 0 Å². The molecule has 1 amide bonds. The lowest BCUT2D eigenvalue weighted by atomic mass is 10.2. The Hall–Kier alpha value is -0.860. The highest BCUT2D eigenvalue weighted by Crippen LogP contribution is 2.27. The third-order valence-corrected chi connectivity index (χ3v) is 7.21. The molecule has 9 heteroatoms. The van der Waals surface area contributed by atoms with Crippen LogP contribution in [0.15, 0.2) is 23.1 Å². The van der Waals surface area contributed by atoms with E-state index in [1.807, 2.05) is 18.7 Å². The molecule has 0 radical (unpaired) electrons. The minimum absolute atomic E-state index is 0.0144. The van der Waals surface area contributed by atoms with Crippen LogP contribution in [0.3, 0.4) is 0 Å². The molecule has 1 aromatic carbocycles. The maximum Gasteiger partial charge on any atom is 0.243 e. The Bertz CT molecular complexity index is 731. The molecule has 0 bridgehead atoms. The van der Waals surface area contributed by atoms with Crippen LogP contribution in [0.2, 0.25) is 10.0 Å². The highest BCUT2D eigenvalue weighted by Gasteiger charge is 2.29. The van der Waals surface area contributed by atoms with E-state index in [1.54, 1.807) is 0 Å². The van der Waals surface area contributed by atoms with Crippen LogP contribution in [0.1, 0.15) is 26.7 Å². The van der Waals surface area contributed by atoms with Gasteiger partial charge in [0.15, 0.2) is 0 Å². The maximum absolute atomic E-state index is 12.7. The first-order valence-corrected chi connectivity index (χ1v) is 10.9. The van der Waals surface area contributed by atoms with E-state index in [4.69, 9.17) is 23.2 Å². The summed E-state index contributed by atoms with van der Waals surface area (Å²) in [6, 6.07) is 4.50. The van der Waals surface area contributed by atoms with Crippen LogP contribution in [0.4, 0.5) is 0 Å². The molecule has 0 spiro atoms. The largest absolute Gasteiger partial charge is 0.352 e. The Morgan fingerprint density at radius 2 is 1.73 bits per heavy atom. The summed E-state index contributed by atoms with van der Waals surface area (Å²) in [6.45, 7) is 6.06. The zero-order chi connectivity index (χ0) is 19.3. The molecule has 1 heterocycles. The standard InChI is InChI=1S/C17H25Cl2N3O3S/c1-3-13(4-2)20-17(23)12-21-7-9-22(10-8-21)26(24,25)14-5-6-15(18)16(19)11-14/h5-6,11,13H,3-4,7-10,12H2,1-2H3,(H,20,23). The summed E-state index contributed by atoms with van der Waals surface area (Å²) in [6.07, 6.45) is 1.80. The van der Waals surface area contributed by atoms with Crippen LogP contribution < -0.4 is 5.32 Å². The van der Waals surface area contributed by atoms with Crippen LogP contribution >= 0.6 is 23.2 Å². The summed E-state index contributed by atoms with van der Waals surface area (Å²) in [5.41, 5.74) is 0. The number of sulfonamides is 1. The fourth-order valence-corrected chi connectivity index (χ4v) is 4.70. The van der Waals surface area contributed by atoms with Crippen LogP contribution in [0, 0.1) is 0 Å². The number of nitrogens with zero attached hydrogens (tertiary/aromatic N) is 2. The molecule has 1 aromatic rings. The second kappa shape index (κ2) is 9.37. The van der Waals surface area contributed by atoms with E-state index < -0.39 is 10.0 Å². The minimum Gasteiger partial charge on any atom is -0.352 e. The van der Waals surface area contributed by atoms with Gasteiger partial charge in [0.05, 0.1) is 21.5 Å². The van der Waals surface area contributed by atoms with E-state index in [0.29, 0.717) is 31.2 Å². The van der Waals surface area contributed by atoms with Gasteiger partial charge < -0.3 is 5.32 Å². The maximum atomic E-state index is 12.7. The molecule has 146 valence electrons. The Kier molecular flexibility index (Phi) is 7.73. The van der Waals surface area contributed by atoms with Crippen molar-refractivity contribution >= 4 is 39.1 Å². The lowest BCUT2D eigenvalue weighted by molar-refractivity contribution is -0.123. The second-order valence-corrected chi connectivity index (χ2v) is 9.09. The molecule has 1 N–H and O–H groups in total. The predicted molar refractivity (Wildman–Crippen MR) is 104 cm³/mol. The fourth-order valence-electron chi connectivity index (χ4n) is 2.88. The molecule has 1 saturated heterocycles. The lowest BCUT2D eigenvalue weighted by Crippen LogP contribution is -2.51. The second-order valence-electron chi connectivity index (χ2n) is 6.34. The van der Waals surface area contributed by atoms with Gasteiger partial charge in [0.25, 0.3) is 0 Å². The molecule has 6 nitrogen and oxygen atoms in total. The molecular formula is C17H25Cl2N3O3S. The lowest BCUT2D eigenvalue weighted by Gasteiger charge is -2.33. The van der Waals surface area contributed by atoms with Gasteiger partial charge in [-0.05, 0) is 31.0 Å². The molecular weight excluding hydrogens is 397 g/mol. The summed E-state index contributed by atoms with van der Waals surface area (Å²) in [5.74, 6) is -0.0144. The van der Waals surface area contributed by atoms with Crippen LogP contribution in [-0.4, -0.2) is 62.3 Å². The first kappa shape index (κ1) is 21.4. The Balaban J connectivity index is 1.93. The van der Waals surface area contributed by atoms with Gasteiger partial charge >= 0.3 is 0 Å². The van der Waals surface area contributed by atoms with Crippen molar-refractivity contribution in [3.05, 3.63) is 28.2 Å². The number of rotatable bonds is 7. The molecule has 0 saturated carbocycles. The summed E-state index contributed by atoms with van der Waals surface area (Å²) in [4.78, 5) is 14.2. The van der Waals surface area contributed by atoms with Crippen molar-refractivity contribution in [2.24, 2.45) is 0 Å². The van der Waals surface area contributed by atoms with Gasteiger partial charge in [-0.25, -0.2) is 8.42 Å². The van der Waals surface area contributed by atoms with Gasteiger partial charge in [-0.2, -0.15) is 4.31 Å². The molecule has 1 aliphatic rings. The average molecular weight is 422 g/mol. The van der Waals surface area contributed by atoms with Gasteiger partial charge in [-0.15, -0.1) is 0 Å². The van der Waals surface area contributed by atoms with Gasteiger partial charge in [0.2, 0.25) is 15.9 Å². The Labute approximate surface area is 165 Å². The monoisotopic (exact) mass is 421 g/mol. The van der Waals surface area contributed by atoms with Crippen molar-refractivity contribution in [3.63, 3.8) is 0 Å². The van der Waals surface area contributed by atoms with E-state index in [-0.39, 0.29) is 28.4 Å². The summed E-state index contributed by atoms with van der Waals surface area (Å²) < 4.78 is 26.9. The Morgan fingerprint density at radius 3 is 2.27 bits per heavy atom. The van der Waals surface area contributed by atoms with Crippen LogP contribution in [-0.2, 0) is 14.8 Å². The molecule has 0 atom stereocenters. The van der Waals surface area contributed by atoms with Crippen molar-refractivity contribution in [3.8, 4) is 0 Å². The first-order chi connectivity index (χ1) is 12.3. The van der Waals surface area contributed by atoms with Gasteiger partial charge in [-0.1, -0.05) is 37.0 Å². The van der Waals surface area contributed by atoms with E-state index in [9.17, 15) is 13.2 Å². The number of halogens is 2. The van der Waals surface area contributed by atoms with Gasteiger partial charge in [0, 0.05) is 32.2 Å². The normalized spacial score (nSPS) is 16.8. The smallest absolute Gasteiger partial charge is 0.243 e. The first-order valence-electron chi connectivity index (χ1n) is 8.74. The highest BCUT2D eigenvalue weighted by atomic mass is 35.5. The third-order valence-electron chi connectivity index (χ3n) is 4.58. The number of hydrogen-bond acceptors (Lipinski definition) is 4. The molecule has 26 heavy (non-hydrogen) atoms. The molecule has 1 aliphatic heterocycles. The fraction of sp³-hybridized carbons (Fsp3) is 0.588. The Morgan fingerprint density at radius 1 is 1.12 bits per heavy atom. The number of nitrogens with one attached hydrogen (secondary N) is 1. The van der Waals surface area contributed by atoms with E-state index >= 15 is 0 Å². The van der Waals surface area contributed by atoms with Gasteiger partial charge in [-0.3, -0.25) is 9.69 Å². The minimum atomic E-state index is -3.62. The van der Waals surface area contributed by atoms with Crippen molar-refractivity contribution < 1.29 is 13.2 Å². The summed E-state index contributed by atoms with van der Waals surface area (Å²) in [7, 11) is -3.62. The van der Waals surface area contributed by atoms with Gasteiger partial charge in [0.1, 0.15) is 0 Å². The molecule has 2 rings (SSSR count). The van der Waals surface area contributed by atoms with Crippen molar-refractivity contribution in [1.29, 1.82) is 0 Å². The highest BCUT2D eigenvalue weighted by molar-refractivity contribution is 7.89. The van der Waals surface area contributed by atoms with E-state index in [2.05, 4.69) is 5.32 Å². The topological polar surface area (TPSA) is 69.7 Å². The predicted octanol–water partition coefficient (Wildman–Crippen LogP) is 2.60. The molecule has 0 aliphatic carbocycles. The van der Waals surface area contributed by atoms with Crippen molar-refractivity contribution in [2.45, 2.75) is 37.6 Å². The molecule has 0 aromatic heterocycles. The van der Waals surface area contributed by atoms with Crippen molar-refractivity contribution in [2.75, 3.05) is 32.7 Å². The third kappa shape index (κ3) is 5.33. The molecule has 0 unspecified atom stereocenters. The summed E-state index contributed by atoms with van der Waals surface area (Å²) in [5, 5.41) is 3.53. The average Bonchev–Trinajstić information content (AvgIpc) is 2.62. The number of amides is 1. The zero-order valence-electron chi connectivity index (χ0n) is 15.0. The zero-order valence-corrected chi connectivity index (χ0v) is 17.4. The SMILES string of the molecule is CCC(CC)NC(=O)CN1CCN(S(=O)(=O)c2ccc(Cl)c(Cl)c2)CC1. The number of carbonyl (C=O) groups is 1.